The van der Waals surface area contributed by atoms with Crippen LogP contribution in [0.25, 0.3) is 0 Å². The zero-order valence-electron chi connectivity index (χ0n) is 8.68. The molecule has 1 amide bonds. The van der Waals surface area contributed by atoms with Gasteiger partial charge < -0.3 is 11.1 Å². The highest BCUT2D eigenvalue weighted by Gasteiger charge is 2.10. The van der Waals surface area contributed by atoms with E-state index >= 15 is 0 Å². The van der Waals surface area contributed by atoms with Gasteiger partial charge in [0.15, 0.2) is 5.82 Å². The van der Waals surface area contributed by atoms with Gasteiger partial charge >= 0.3 is 0 Å². The van der Waals surface area contributed by atoms with Crippen molar-refractivity contribution in [1.82, 2.24) is 15.2 Å². The SMILES string of the molecule is Nc1ccncc1C(=O)Nc1ccc(=O)[nH]n1. The van der Waals surface area contributed by atoms with Crippen LogP contribution in [-0.4, -0.2) is 21.1 Å². The third-order valence-electron chi connectivity index (χ3n) is 2.02. The van der Waals surface area contributed by atoms with Crippen LogP contribution >= 0.6 is 0 Å². The summed E-state index contributed by atoms with van der Waals surface area (Å²) < 4.78 is 0. The van der Waals surface area contributed by atoms with Crippen LogP contribution in [0.5, 0.6) is 0 Å². The molecule has 7 heteroatoms. The molecule has 2 heterocycles. The van der Waals surface area contributed by atoms with Crippen molar-refractivity contribution in [3.05, 3.63) is 46.5 Å². The average molecular weight is 231 g/mol. The van der Waals surface area contributed by atoms with E-state index in [0.717, 1.165) is 0 Å². The van der Waals surface area contributed by atoms with Crippen molar-refractivity contribution >= 4 is 17.4 Å². The Hall–Kier alpha value is -2.70. The van der Waals surface area contributed by atoms with Crippen molar-refractivity contribution in [2.45, 2.75) is 0 Å². The van der Waals surface area contributed by atoms with Gasteiger partial charge in [-0.05, 0) is 12.1 Å². The fourth-order valence-corrected chi connectivity index (χ4v) is 1.19. The van der Waals surface area contributed by atoms with Crippen LogP contribution in [0.4, 0.5) is 11.5 Å². The number of pyridine rings is 1. The van der Waals surface area contributed by atoms with Crippen molar-refractivity contribution < 1.29 is 4.79 Å². The zero-order valence-corrected chi connectivity index (χ0v) is 8.68. The van der Waals surface area contributed by atoms with Gasteiger partial charge in [-0.25, -0.2) is 5.10 Å². The normalized spacial score (nSPS) is 9.88. The molecule has 0 atom stereocenters. The zero-order chi connectivity index (χ0) is 12.3. The number of nitrogen functional groups attached to an aromatic ring is 1. The number of aromatic nitrogens is 3. The molecule has 0 bridgehead atoms. The van der Waals surface area contributed by atoms with E-state index in [0.29, 0.717) is 5.69 Å². The predicted molar refractivity (Wildman–Crippen MR) is 61.5 cm³/mol. The number of H-pyrrole nitrogens is 1. The summed E-state index contributed by atoms with van der Waals surface area (Å²) >= 11 is 0. The van der Waals surface area contributed by atoms with Crippen LogP contribution in [0, 0.1) is 0 Å². The maximum Gasteiger partial charge on any atom is 0.264 e. The second-order valence-corrected chi connectivity index (χ2v) is 3.22. The Bertz CT molecular complexity index is 587. The van der Waals surface area contributed by atoms with Gasteiger partial charge in [-0.15, -0.1) is 0 Å². The summed E-state index contributed by atoms with van der Waals surface area (Å²) in [7, 11) is 0. The number of carbonyl (C=O) groups is 1. The molecule has 17 heavy (non-hydrogen) atoms. The predicted octanol–water partition coefficient (Wildman–Crippen LogP) is -0.000600. The fourth-order valence-electron chi connectivity index (χ4n) is 1.19. The highest BCUT2D eigenvalue weighted by Crippen LogP contribution is 2.10. The van der Waals surface area contributed by atoms with Crippen molar-refractivity contribution in [2.75, 3.05) is 11.1 Å². The number of carbonyl (C=O) groups excluding carboxylic acids is 1. The third-order valence-corrected chi connectivity index (χ3v) is 2.02. The topological polar surface area (TPSA) is 114 Å². The van der Waals surface area contributed by atoms with Crippen molar-refractivity contribution in [2.24, 2.45) is 0 Å². The Morgan fingerprint density at radius 2 is 2.18 bits per heavy atom. The average Bonchev–Trinajstić information content (AvgIpc) is 2.32. The third kappa shape index (κ3) is 2.46. The Morgan fingerprint density at radius 1 is 1.35 bits per heavy atom. The first kappa shape index (κ1) is 10.8. The van der Waals surface area contributed by atoms with E-state index in [1.54, 1.807) is 0 Å². The monoisotopic (exact) mass is 231 g/mol. The summed E-state index contributed by atoms with van der Waals surface area (Å²) in [6.45, 7) is 0. The molecule has 4 N–H and O–H groups in total. The first-order chi connectivity index (χ1) is 8.16. The lowest BCUT2D eigenvalue weighted by Gasteiger charge is -2.05. The van der Waals surface area contributed by atoms with E-state index in [4.69, 9.17) is 5.73 Å². The second-order valence-electron chi connectivity index (χ2n) is 3.22. The van der Waals surface area contributed by atoms with Gasteiger partial charge in [-0.2, -0.15) is 5.10 Å². The first-order valence-corrected chi connectivity index (χ1v) is 4.73. The number of nitrogens with one attached hydrogen (secondary N) is 2. The minimum Gasteiger partial charge on any atom is -0.398 e. The van der Waals surface area contributed by atoms with E-state index < -0.39 is 5.91 Å². The van der Waals surface area contributed by atoms with Crippen molar-refractivity contribution in [3.8, 4) is 0 Å². The molecule has 0 radical (unpaired) electrons. The first-order valence-electron chi connectivity index (χ1n) is 4.73. The van der Waals surface area contributed by atoms with Gasteiger partial charge in [0.2, 0.25) is 0 Å². The molecule has 2 aromatic heterocycles. The van der Waals surface area contributed by atoms with E-state index in [2.05, 4.69) is 20.5 Å². The summed E-state index contributed by atoms with van der Waals surface area (Å²) in [5, 5.41) is 8.33. The van der Waals surface area contributed by atoms with Crippen LogP contribution in [0.3, 0.4) is 0 Å². The summed E-state index contributed by atoms with van der Waals surface area (Å²) in [6.07, 6.45) is 2.85. The van der Waals surface area contributed by atoms with Gasteiger partial charge in [0.25, 0.3) is 11.5 Å². The number of nitrogens with zero attached hydrogens (tertiary/aromatic N) is 2. The number of aromatic amines is 1. The van der Waals surface area contributed by atoms with Gasteiger partial charge in [-0.1, -0.05) is 0 Å². The molecule has 0 saturated carbocycles. The van der Waals surface area contributed by atoms with Crippen LogP contribution in [-0.2, 0) is 0 Å². The molecule has 86 valence electrons. The number of anilines is 2. The number of hydrogen-bond donors (Lipinski definition) is 3. The number of rotatable bonds is 2. The van der Waals surface area contributed by atoms with Crippen LogP contribution in [0.2, 0.25) is 0 Å². The maximum absolute atomic E-state index is 11.8. The van der Waals surface area contributed by atoms with Gasteiger partial charge in [0, 0.05) is 24.1 Å². The lowest BCUT2D eigenvalue weighted by molar-refractivity contribution is 0.102. The van der Waals surface area contributed by atoms with Gasteiger partial charge in [0.05, 0.1) is 5.56 Å². The summed E-state index contributed by atoms with van der Waals surface area (Å²) in [4.78, 5) is 26.3. The standard InChI is InChI=1S/C10H9N5O2/c11-7-3-4-12-5-6(7)10(17)13-8-1-2-9(16)15-14-8/h1-5H,(H2,11,12)(H,15,16)(H,13,14,17). The Labute approximate surface area is 95.7 Å². The van der Waals surface area contributed by atoms with E-state index in [9.17, 15) is 9.59 Å². The molecular weight excluding hydrogens is 222 g/mol. The van der Waals surface area contributed by atoms with Gasteiger partial charge in [0.1, 0.15) is 0 Å². The van der Waals surface area contributed by atoms with E-state index in [1.807, 2.05) is 0 Å². The lowest BCUT2D eigenvalue weighted by Crippen LogP contribution is -2.17. The van der Waals surface area contributed by atoms with Crippen LogP contribution in [0.1, 0.15) is 10.4 Å². The summed E-state index contributed by atoms with van der Waals surface area (Å²) in [5.41, 5.74) is 5.85. The van der Waals surface area contributed by atoms with E-state index in [1.165, 1.54) is 30.6 Å². The van der Waals surface area contributed by atoms with Crippen LogP contribution in [0.15, 0.2) is 35.4 Å². The minimum atomic E-state index is -0.435. The molecule has 0 aromatic carbocycles. The number of hydrogen-bond acceptors (Lipinski definition) is 5. The highest BCUT2D eigenvalue weighted by atomic mass is 16.2. The summed E-state index contributed by atoms with van der Waals surface area (Å²) in [6, 6.07) is 4.17. The lowest BCUT2D eigenvalue weighted by atomic mass is 10.2. The largest absolute Gasteiger partial charge is 0.398 e. The molecule has 0 spiro atoms. The van der Waals surface area contributed by atoms with E-state index in [-0.39, 0.29) is 16.9 Å². The molecular formula is C10H9N5O2. The highest BCUT2D eigenvalue weighted by molar-refractivity contribution is 6.06. The Morgan fingerprint density at radius 3 is 2.82 bits per heavy atom. The minimum absolute atomic E-state index is 0.234. The number of nitrogens with two attached hydrogens (primary N) is 1. The number of amides is 1. The molecule has 0 aliphatic rings. The molecule has 0 fully saturated rings. The summed E-state index contributed by atoms with van der Waals surface area (Å²) in [5.74, 6) is -0.201. The molecule has 0 unspecified atom stereocenters. The quantitative estimate of drug-likeness (QED) is 0.673. The van der Waals surface area contributed by atoms with Crippen molar-refractivity contribution in [1.29, 1.82) is 0 Å². The Kier molecular flexibility index (Phi) is 2.82. The fraction of sp³-hybridized carbons (Fsp3) is 0. The molecule has 0 aliphatic heterocycles. The maximum atomic E-state index is 11.8. The van der Waals surface area contributed by atoms with Gasteiger partial charge in [-0.3, -0.25) is 14.6 Å². The molecule has 0 saturated heterocycles. The van der Waals surface area contributed by atoms with Crippen LogP contribution < -0.4 is 16.6 Å². The van der Waals surface area contributed by atoms with Crippen molar-refractivity contribution in [3.63, 3.8) is 0 Å². The Balaban J connectivity index is 2.20. The molecule has 2 aromatic rings. The molecule has 2 rings (SSSR count). The molecule has 0 aliphatic carbocycles. The molecule has 7 nitrogen and oxygen atoms in total. The smallest absolute Gasteiger partial charge is 0.264 e. The second kappa shape index (κ2) is 4.44.